The van der Waals surface area contributed by atoms with E-state index in [2.05, 4.69) is 0 Å². The first kappa shape index (κ1) is 17.9. The third kappa shape index (κ3) is 4.19. The summed E-state index contributed by atoms with van der Waals surface area (Å²) in [6.45, 7) is 4.19. The number of nitrogens with zero attached hydrogens (tertiary/aromatic N) is 2. The third-order valence-corrected chi connectivity index (χ3v) is 5.27. The molecule has 2 fully saturated rings. The minimum Gasteiger partial charge on any atom is -0.369 e. The minimum atomic E-state index is -0.534. The molecule has 2 heterocycles. The summed E-state index contributed by atoms with van der Waals surface area (Å²) >= 11 is 0. The van der Waals surface area contributed by atoms with Crippen molar-refractivity contribution in [2.75, 3.05) is 26.3 Å². The van der Waals surface area contributed by atoms with Crippen molar-refractivity contribution in [1.82, 2.24) is 9.80 Å². The van der Waals surface area contributed by atoms with E-state index in [-0.39, 0.29) is 31.1 Å². The fraction of sp³-hybridized carbons (Fsp3) is 0.579. The molecule has 0 aliphatic carbocycles. The molecule has 2 N–H and O–H groups in total. The van der Waals surface area contributed by atoms with Gasteiger partial charge in [-0.05, 0) is 31.2 Å². The fourth-order valence-electron chi connectivity index (χ4n) is 3.64. The van der Waals surface area contributed by atoms with Gasteiger partial charge in [0.1, 0.15) is 12.6 Å². The van der Waals surface area contributed by atoms with Crippen LogP contribution in [0.5, 0.6) is 0 Å². The van der Waals surface area contributed by atoms with Crippen LogP contribution in [0.1, 0.15) is 25.3 Å². The lowest BCUT2D eigenvalue weighted by atomic mass is 9.90. The summed E-state index contributed by atoms with van der Waals surface area (Å²) in [5.74, 6) is 0.333. The predicted octanol–water partition coefficient (Wildman–Crippen LogP) is 1.000. The number of benzene rings is 1. The van der Waals surface area contributed by atoms with Crippen molar-refractivity contribution in [3.8, 4) is 0 Å². The van der Waals surface area contributed by atoms with E-state index in [0.717, 1.165) is 18.4 Å². The average molecular weight is 345 g/mol. The van der Waals surface area contributed by atoms with Gasteiger partial charge in [0.2, 0.25) is 11.8 Å². The zero-order valence-corrected chi connectivity index (χ0v) is 14.8. The van der Waals surface area contributed by atoms with Crippen LogP contribution in [0.3, 0.4) is 0 Å². The van der Waals surface area contributed by atoms with Crippen molar-refractivity contribution in [2.45, 2.75) is 38.4 Å². The molecule has 2 amide bonds. The van der Waals surface area contributed by atoms with Gasteiger partial charge in [0.15, 0.2) is 0 Å². The Morgan fingerprint density at radius 1 is 1.28 bits per heavy atom. The highest BCUT2D eigenvalue weighted by atomic mass is 16.5. The van der Waals surface area contributed by atoms with Crippen LogP contribution in [0.25, 0.3) is 0 Å². The number of nitrogens with two attached hydrogens (primary N) is 1. The van der Waals surface area contributed by atoms with E-state index in [4.69, 9.17) is 10.5 Å². The zero-order chi connectivity index (χ0) is 17.8. The maximum Gasteiger partial charge on any atom is 0.249 e. The first-order valence-corrected chi connectivity index (χ1v) is 9.01. The fourth-order valence-corrected chi connectivity index (χ4v) is 3.64. The van der Waals surface area contributed by atoms with E-state index in [9.17, 15) is 9.59 Å². The third-order valence-electron chi connectivity index (χ3n) is 5.27. The highest BCUT2D eigenvalue weighted by Crippen LogP contribution is 2.22. The van der Waals surface area contributed by atoms with E-state index in [1.54, 1.807) is 4.90 Å². The molecule has 2 saturated heterocycles. The van der Waals surface area contributed by atoms with Crippen molar-refractivity contribution in [3.63, 3.8) is 0 Å². The number of carbonyl (C=O) groups is 2. The van der Waals surface area contributed by atoms with Crippen LogP contribution in [0.4, 0.5) is 0 Å². The summed E-state index contributed by atoms with van der Waals surface area (Å²) in [7, 11) is 0. The predicted molar refractivity (Wildman–Crippen MR) is 94.6 cm³/mol. The monoisotopic (exact) mass is 345 g/mol. The molecular weight excluding hydrogens is 318 g/mol. The van der Waals surface area contributed by atoms with Gasteiger partial charge in [-0.15, -0.1) is 0 Å². The van der Waals surface area contributed by atoms with Crippen LogP contribution < -0.4 is 5.73 Å². The van der Waals surface area contributed by atoms with Gasteiger partial charge in [0, 0.05) is 25.7 Å². The molecule has 0 saturated carbocycles. The maximum absolute atomic E-state index is 13.0. The minimum absolute atomic E-state index is 0.00731. The first-order valence-electron chi connectivity index (χ1n) is 9.01. The number of ether oxygens (including phenoxy) is 1. The lowest BCUT2D eigenvalue weighted by molar-refractivity contribution is -0.160. The van der Waals surface area contributed by atoms with Crippen LogP contribution in [0.2, 0.25) is 0 Å². The van der Waals surface area contributed by atoms with Crippen LogP contribution >= 0.6 is 0 Å². The van der Waals surface area contributed by atoms with Crippen LogP contribution in [0.15, 0.2) is 30.3 Å². The highest BCUT2D eigenvalue weighted by molar-refractivity contribution is 5.89. The number of morpholine rings is 1. The van der Waals surface area contributed by atoms with E-state index in [1.165, 1.54) is 0 Å². The summed E-state index contributed by atoms with van der Waals surface area (Å²) in [6, 6.07) is 9.39. The lowest BCUT2D eigenvalue weighted by Crippen LogP contribution is -2.58. The molecule has 25 heavy (non-hydrogen) atoms. The van der Waals surface area contributed by atoms with Gasteiger partial charge in [-0.3, -0.25) is 9.59 Å². The van der Waals surface area contributed by atoms with Gasteiger partial charge in [-0.1, -0.05) is 30.3 Å². The second-order valence-electron chi connectivity index (χ2n) is 7.06. The van der Waals surface area contributed by atoms with Crippen LogP contribution in [-0.4, -0.2) is 60.0 Å². The molecule has 0 spiro atoms. The molecule has 1 aromatic carbocycles. The quantitative estimate of drug-likeness (QED) is 0.883. The normalized spacial score (nSPS) is 23.6. The Labute approximate surface area is 148 Å². The number of amides is 2. The summed E-state index contributed by atoms with van der Waals surface area (Å²) < 4.78 is 5.37. The molecule has 1 unspecified atom stereocenters. The summed E-state index contributed by atoms with van der Waals surface area (Å²) in [6.07, 6.45) is 1.84. The Morgan fingerprint density at radius 3 is 2.60 bits per heavy atom. The second kappa shape index (κ2) is 7.97. The Morgan fingerprint density at radius 2 is 1.96 bits per heavy atom. The van der Waals surface area contributed by atoms with E-state index >= 15 is 0 Å². The Kier molecular flexibility index (Phi) is 5.71. The summed E-state index contributed by atoms with van der Waals surface area (Å²) in [5.41, 5.74) is 7.00. The van der Waals surface area contributed by atoms with Gasteiger partial charge in [0.25, 0.3) is 0 Å². The van der Waals surface area contributed by atoms with Crippen molar-refractivity contribution < 1.29 is 14.3 Å². The molecule has 6 heteroatoms. The van der Waals surface area contributed by atoms with Crippen LogP contribution in [0, 0.1) is 5.92 Å². The molecule has 0 bridgehead atoms. The van der Waals surface area contributed by atoms with Gasteiger partial charge in [0.05, 0.1) is 6.61 Å². The number of likely N-dealkylation sites (tertiary alicyclic amines) is 1. The number of hydrogen-bond acceptors (Lipinski definition) is 4. The number of carbonyl (C=O) groups excluding carboxylic acids is 2. The Bertz CT molecular complexity index is 597. The van der Waals surface area contributed by atoms with Gasteiger partial charge in [-0.2, -0.15) is 0 Å². The zero-order valence-electron chi connectivity index (χ0n) is 14.8. The first-order chi connectivity index (χ1) is 12.1. The molecular formula is C19H27N3O3. The number of rotatable bonds is 4. The molecule has 6 nitrogen and oxygen atoms in total. The standard InChI is InChI=1S/C19H27N3O3/c1-14(20)16-7-9-21(10-8-16)19(24)17-12-25-13-18(23)22(17)11-15-5-3-2-4-6-15/h2-6,14,16-17H,7-13,20H2,1H3/t14?,17-/m1/s1. The molecule has 1 aromatic rings. The number of piperidine rings is 1. The molecule has 0 radical (unpaired) electrons. The number of hydrogen-bond donors (Lipinski definition) is 1. The topological polar surface area (TPSA) is 75.9 Å². The highest BCUT2D eigenvalue weighted by Gasteiger charge is 2.37. The van der Waals surface area contributed by atoms with Crippen molar-refractivity contribution in [2.24, 2.45) is 11.7 Å². The van der Waals surface area contributed by atoms with Gasteiger partial charge < -0.3 is 20.3 Å². The second-order valence-corrected chi connectivity index (χ2v) is 7.06. The Hall–Kier alpha value is -1.92. The van der Waals surface area contributed by atoms with Crippen molar-refractivity contribution in [3.05, 3.63) is 35.9 Å². The smallest absolute Gasteiger partial charge is 0.249 e. The molecule has 3 rings (SSSR count). The van der Waals surface area contributed by atoms with Crippen LogP contribution in [-0.2, 0) is 20.9 Å². The van der Waals surface area contributed by atoms with E-state index in [1.807, 2.05) is 42.2 Å². The largest absolute Gasteiger partial charge is 0.369 e. The molecule has 2 aliphatic heterocycles. The Balaban J connectivity index is 1.68. The summed E-state index contributed by atoms with van der Waals surface area (Å²) in [4.78, 5) is 28.9. The van der Waals surface area contributed by atoms with Crippen molar-refractivity contribution >= 4 is 11.8 Å². The van der Waals surface area contributed by atoms with Gasteiger partial charge in [-0.25, -0.2) is 0 Å². The summed E-state index contributed by atoms with van der Waals surface area (Å²) in [5, 5.41) is 0. The average Bonchev–Trinajstić information content (AvgIpc) is 2.64. The van der Waals surface area contributed by atoms with E-state index < -0.39 is 6.04 Å². The van der Waals surface area contributed by atoms with E-state index in [0.29, 0.717) is 25.6 Å². The molecule has 136 valence electrons. The molecule has 2 aliphatic rings. The van der Waals surface area contributed by atoms with Gasteiger partial charge >= 0.3 is 0 Å². The SMILES string of the molecule is CC(N)C1CCN(C(=O)[C@H]2COCC(=O)N2Cc2ccccc2)CC1. The molecule has 0 aromatic heterocycles. The molecule has 2 atom stereocenters. The lowest BCUT2D eigenvalue weighted by Gasteiger charge is -2.40. The van der Waals surface area contributed by atoms with Crippen molar-refractivity contribution in [1.29, 1.82) is 0 Å². The maximum atomic E-state index is 13.0.